The number of benzene rings is 2. The third-order valence-corrected chi connectivity index (χ3v) is 3.38. The van der Waals surface area contributed by atoms with Gasteiger partial charge in [0.05, 0.1) is 11.3 Å². The van der Waals surface area contributed by atoms with E-state index in [1.54, 1.807) is 0 Å². The Hall–Kier alpha value is -2.73. The van der Waals surface area contributed by atoms with Gasteiger partial charge in [-0.3, -0.25) is 0 Å². The largest absolute Gasteiger partial charge is 0.399 e. The molecule has 1 heterocycles. The van der Waals surface area contributed by atoms with Crippen molar-refractivity contribution in [1.29, 1.82) is 5.26 Å². The van der Waals surface area contributed by atoms with Crippen LogP contribution in [0.15, 0.2) is 48.5 Å². The van der Waals surface area contributed by atoms with E-state index in [4.69, 9.17) is 5.73 Å². The van der Waals surface area contributed by atoms with E-state index in [2.05, 4.69) is 6.07 Å². The molecular formula is C16H13N3. The molecule has 0 bridgehead atoms. The van der Waals surface area contributed by atoms with Gasteiger partial charge in [-0.1, -0.05) is 30.3 Å². The van der Waals surface area contributed by atoms with Crippen molar-refractivity contribution in [3.05, 3.63) is 54.1 Å². The van der Waals surface area contributed by atoms with E-state index in [1.165, 1.54) is 0 Å². The van der Waals surface area contributed by atoms with Gasteiger partial charge in [-0.15, -0.1) is 0 Å². The Labute approximate surface area is 111 Å². The van der Waals surface area contributed by atoms with Crippen LogP contribution in [-0.2, 0) is 7.05 Å². The summed E-state index contributed by atoms with van der Waals surface area (Å²) in [5, 5.41) is 10.4. The highest BCUT2D eigenvalue weighted by molar-refractivity contribution is 5.94. The van der Waals surface area contributed by atoms with Crippen LogP contribution in [-0.4, -0.2) is 4.57 Å². The molecule has 0 atom stereocenters. The number of anilines is 1. The standard InChI is InChI=1S/C16H13N3/c1-19-15-8-3-2-7-13(15)14(10-17)16(19)11-5-4-6-12(18)9-11/h2-9H,18H2,1H3. The molecule has 0 aliphatic rings. The topological polar surface area (TPSA) is 54.7 Å². The molecule has 3 nitrogen and oxygen atoms in total. The van der Waals surface area contributed by atoms with Gasteiger partial charge in [0, 0.05) is 29.2 Å². The lowest BCUT2D eigenvalue weighted by atomic mass is 10.1. The number of fused-ring (bicyclic) bond motifs is 1. The first-order chi connectivity index (χ1) is 9.22. The Morgan fingerprint density at radius 1 is 1.11 bits per heavy atom. The van der Waals surface area contributed by atoms with Crippen LogP contribution >= 0.6 is 0 Å². The predicted octanol–water partition coefficient (Wildman–Crippen LogP) is 3.30. The molecular weight excluding hydrogens is 234 g/mol. The van der Waals surface area contributed by atoms with Crippen molar-refractivity contribution in [2.75, 3.05) is 5.73 Å². The van der Waals surface area contributed by atoms with Crippen molar-refractivity contribution in [2.24, 2.45) is 7.05 Å². The fourth-order valence-electron chi connectivity index (χ4n) is 2.53. The lowest BCUT2D eigenvalue weighted by Gasteiger charge is -2.06. The first-order valence-corrected chi connectivity index (χ1v) is 6.06. The van der Waals surface area contributed by atoms with Gasteiger partial charge in [0.25, 0.3) is 0 Å². The van der Waals surface area contributed by atoms with E-state index in [0.29, 0.717) is 11.3 Å². The molecule has 19 heavy (non-hydrogen) atoms. The van der Waals surface area contributed by atoms with Crippen molar-refractivity contribution >= 4 is 16.6 Å². The molecule has 2 aromatic carbocycles. The minimum absolute atomic E-state index is 0.698. The quantitative estimate of drug-likeness (QED) is 0.671. The number of hydrogen-bond donors (Lipinski definition) is 1. The van der Waals surface area contributed by atoms with Crippen LogP contribution in [0.2, 0.25) is 0 Å². The van der Waals surface area contributed by atoms with Gasteiger partial charge in [-0.25, -0.2) is 0 Å². The molecule has 92 valence electrons. The summed E-state index contributed by atoms with van der Waals surface area (Å²) >= 11 is 0. The molecule has 3 rings (SSSR count). The fraction of sp³-hybridized carbons (Fsp3) is 0.0625. The average molecular weight is 247 g/mol. The van der Waals surface area contributed by atoms with Crippen molar-refractivity contribution in [1.82, 2.24) is 4.57 Å². The van der Waals surface area contributed by atoms with Crippen LogP contribution in [0.25, 0.3) is 22.2 Å². The number of rotatable bonds is 1. The molecule has 0 spiro atoms. The fourth-order valence-corrected chi connectivity index (χ4v) is 2.53. The summed E-state index contributed by atoms with van der Waals surface area (Å²) in [6, 6.07) is 17.9. The Kier molecular flexibility index (Phi) is 2.50. The van der Waals surface area contributed by atoms with Crippen LogP contribution < -0.4 is 5.73 Å². The van der Waals surface area contributed by atoms with Gasteiger partial charge in [-0.05, 0) is 18.2 Å². The molecule has 2 N–H and O–H groups in total. The van der Waals surface area contributed by atoms with Crippen molar-refractivity contribution in [2.45, 2.75) is 0 Å². The lowest BCUT2D eigenvalue weighted by molar-refractivity contribution is 0.976. The van der Waals surface area contributed by atoms with Gasteiger partial charge >= 0.3 is 0 Å². The number of nitrogens with zero attached hydrogens (tertiary/aromatic N) is 2. The van der Waals surface area contributed by atoms with Crippen LogP contribution in [0.4, 0.5) is 5.69 Å². The molecule has 0 saturated heterocycles. The van der Waals surface area contributed by atoms with Gasteiger partial charge in [0.15, 0.2) is 0 Å². The maximum absolute atomic E-state index is 9.47. The molecule has 0 aliphatic carbocycles. The summed E-state index contributed by atoms with van der Waals surface area (Å²) in [6.07, 6.45) is 0. The zero-order valence-corrected chi connectivity index (χ0v) is 10.6. The van der Waals surface area contributed by atoms with Crippen LogP contribution in [0.1, 0.15) is 5.56 Å². The maximum Gasteiger partial charge on any atom is 0.102 e. The van der Waals surface area contributed by atoms with Crippen LogP contribution in [0.3, 0.4) is 0 Å². The number of nitrogen functional groups attached to an aromatic ring is 1. The highest BCUT2D eigenvalue weighted by Gasteiger charge is 2.15. The minimum atomic E-state index is 0.698. The van der Waals surface area contributed by atoms with E-state index in [1.807, 2.05) is 60.1 Å². The smallest absolute Gasteiger partial charge is 0.102 e. The first kappa shape index (κ1) is 11.4. The van der Waals surface area contributed by atoms with Crippen LogP contribution in [0.5, 0.6) is 0 Å². The molecule has 0 amide bonds. The van der Waals surface area contributed by atoms with Gasteiger partial charge < -0.3 is 10.3 Å². The van der Waals surface area contributed by atoms with Gasteiger partial charge in [0.2, 0.25) is 0 Å². The Balaban J connectivity index is 2.42. The SMILES string of the molecule is Cn1c(-c2cccc(N)c2)c(C#N)c2ccccc21. The van der Waals surface area contributed by atoms with E-state index in [0.717, 1.165) is 22.2 Å². The molecule has 0 saturated carbocycles. The second-order valence-electron chi connectivity index (χ2n) is 4.54. The minimum Gasteiger partial charge on any atom is -0.399 e. The van der Waals surface area contributed by atoms with Crippen molar-refractivity contribution in [3.8, 4) is 17.3 Å². The summed E-state index contributed by atoms with van der Waals surface area (Å²) in [7, 11) is 1.97. The maximum atomic E-state index is 9.47. The first-order valence-electron chi connectivity index (χ1n) is 6.06. The molecule has 3 aromatic rings. The summed E-state index contributed by atoms with van der Waals surface area (Å²) in [5.41, 5.74) is 10.2. The van der Waals surface area contributed by atoms with E-state index < -0.39 is 0 Å². The number of aryl methyl sites for hydroxylation is 1. The van der Waals surface area contributed by atoms with Gasteiger partial charge in [0.1, 0.15) is 6.07 Å². The summed E-state index contributed by atoms with van der Waals surface area (Å²) in [6.45, 7) is 0. The third-order valence-electron chi connectivity index (χ3n) is 3.38. The van der Waals surface area contributed by atoms with E-state index >= 15 is 0 Å². The average Bonchev–Trinajstić information content (AvgIpc) is 2.72. The Bertz CT molecular complexity index is 806. The second kappa shape index (κ2) is 4.18. The molecule has 0 fully saturated rings. The van der Waals surface area contributed by atoms with E-state index in [-0.39, 0.29) is 0 Å². The summed E-state index contributed by atoms with van der Waals surface area (Å²) < 4.78 is 2.04. The third kappa shape index (κ3) is 1.66. The highest BCUT2D eigenvalue weighted by Crippen LogP contribution is 2.32. The number of nitriles is 1. The van der Waals surface area contributed by atoms with Crippen molar-refractivity contribution < 1.29 is 0 Å². The summed E-state index contributed by atoms with van der Waals surface area (Å²) in [5.74, 6) is 0. The molecule has 0 aliphatic heterocycles. The molecule has 1 aromatic heterocycles. The zero-order chi connectivity index (χ0) is 13.4. The van der Waals surface area contributed by atoms with E-state index in [9.17, 15) is 5.26 Å². The molecule has 0 unspecified atom stereocenters. The number of para-hydroxylation sites is 1. The zero-order valence-electron chi connectivity index (χ0n) is 10.6. The number of hydrogen-bond acceptors (Lipinski definition) is 2. The van der Waals surface area contributed by atoms with Crippen molar-refractivity contribution in [3.63, 3.8) is 0 Å². The number of aromatic nitrogens is 1. The van der Waals surface area contributed by atoms with Crippen LogP contribution in [0, 0.1) is 11.3 Å². The lowest BCUT2D eigenvalue weighted by Crippen LogP contribution is -1.93. The van der Waals surface area contributed by atoms with Gasteiger partial charge in [-0.2, -0.15) is 5.26 Å². The molecule has 3 heteroatoms. The highest BCUT2D eigenvalue weighted by atomic mass is 14.9. The summed E-state index contributed by atoms with van der Waals surface area (Å²) in [4.78, 5) is 0. The number of nitrogens with two attached hydrogens (primary N) is 1. The Morgan fingerprint density at radius 3 is 2.63 bits per heavy atom. The molecule has 0 radical (unpaired) electrons. The monoisotopic (exact) mass is 247 g/mol. The normalized spacial score (nSPS) is 10.5. The predicted molar refractivity (Wildman–Crippen MR) is 77.5 cm³/mol. The Morgan fingerprint density at radius 2 is 1.89 bits per heavy atom. The second-order valence-corrected chi connectivity index (χ2v) is 4.54.